The summed E-state index contributed by atoms with van der Waals surface area (Å²) in [6.07, 6.45) is 4.59. The summed E-state index contributed by atoms with van der Waals surface area (Å²) in [5, 5.41) is 37.8. The van der Waals surface area contributed by atoms with Gasteiger partial charge in [-0.15, -0.1) is 0 Å². The number of nitrogen functional groups attached to an aromatic ring is 1. The number of hydrogen-bond donors (Lipinski definition) is 4. The molecule has 2 atom stereocenters. The van der Waals surface area contributed by atoms with Gasteiger partial charge in [0.1, 0.15) is 17.4 Å². The number of dihydropyridines is 1. The van der Waals surface area contributed by atoms with Crippen LogP contribution in [0.25, 0.3) is 0 Å². The van der Waals surface area contributed by atoms with E-state index in [0.717, 1.165) is 69.7 Å². The molecule has 33 heteroatoms. The number of fused-ring (bicyclic) bond motifs is 2. The molecule has 7 rings (SSSR count). The number of ether oxygens (including phenoxy) is 2. The minimum Gasteiger partial charge on any atom is -0.466 e. The number of rotatable bonds is 10. The smallest absolute Gasteiger partial charge is 0.336 e. The number of anilines is 2. The molecule has 442 valence electrons. The molecule has 2 aromatic carbocycles. The summed E-state index contributed by atoms with van der Waals surface area (Å²) >= 11 is 9.43. The Kier molecular flexibility index (Phi) is 26.3. The highest BCUT2D eigenvalue weighted by molar-refractivity contribution is 8.76. The van der Waals surface area contributed by atoms with Crippen LogP contribution < -0.4 is 22.1 Å². The Bertz CT molecular complexity index is 3540. The van der Waals surface area contributed by atoms with E-state index in [1.807, 2.05) is 6.07 Å². The third-order valence-electron chi connectivity index (χ3n) is 12.0. The topological polar surface area (TPSA) is 275 Å². The van der Waals surface area contributed by atoms with Crippen LogP contribution in [0.1, 0.15) is 112 Å². The Hall–Kier alpha value is -4.09. The van der Waals surface area contributed by atoms with Crippen LogP contribution in [0, 0.1) is 31.6 Å². The summed E-state index contributed by atoms with van der Waals surface area (Å²) in [5.74, 6) is -1.46. The van der Waals surface area contributed by atoms with Crippen LogP contribution in [0.15, 0.2) is 82.5 Å². The van der Waals surface area contributed by atoms with Crippen LogP contribution in [0.4, 0.5) is 22.9 Å². The number of ketones is 1. The number of piperidine rings is 1. The molecule has 3 aromatic rings. The standard InChI is InChI=1S/C23H27N5O4.C15H14N4O4.C8H15NO.S14.7H2/c1-4-9-27-10-8-17-16(12-27)21(24)20-19(14-6-5-7-15(11-14)28(30)31)18(23(29)32-3)13(2)25-22(20)26-17;1-8-12(15(20)23-2)13(11(7-16)14(17)18-8)9-4-3-5-10(6-9)19(21)22;1-2-5-9-6-3-8(10)4-7-9;1-3-5-7-9-11-13-14-12-10-8-6-4-2;;;;;;;/h5-7,11,19H,4,8-10,12H2,1-3H3,(H3,24,25,26);3-6,13,18H,17H2,1-2H3;2-7H2,1H3;;7*1H/i;;;;6*1+1D;1+1. The fourth-order valence-electron chi connectivity index (χ4n) is 8.66. The third-order valence-corrected chi connectivity index (χ3v) is 36.4. The average Bonchev–Trinajstić information content (AvgIpc) is 0.749. The zero-order valence-corrected chi connectivity index (χ0v) is 54.7. The molecule has 0 bridgehead atoms. The van der Waals surface area contributed by atoms with Crippen molar-refractivity contribution in [3.63, 3.8) is 0 Å². The number of carbonyl (C=O) groups is 3. The quantitative estimate of drug-likeness (QED) is 0.0868. The van der Waals surface area contributed by atoms with Gasteiger partial charge in [-0.2, -0.15) is 5.26 Å². The molecule has 5 heterocycles. The van der Waals surface area contributed by atoms with Crippen LogP contribution in [0.3, 0.4) is 0 Å². The zero-order valence-electron chi connectivity index (χ0n) is 55.3. The SMILES string of the molecule is CCCN1CCC(=O)CC1.CCCN1CCc2nc3c(c(N)c2C1)C(c1cccc([N+](=O)[O-])c1)C(C(=O)OC)=C(C)N3.COC(=O)C1=C(C)NC(N)=C(C#N)C1c1cccc([N+](=O)[O-])c1.S=S=S=S=S=S=S=S=S=S=S=S=S=S.[2HH].[2H][2H].[2H][2H].[2H][2H].[2H][2H].[2H][2H].[2H][2H]. The second-order valence-electron chi connectivity index (χ2n) is 16.8. The number of pyridine rings is 1. The van der Waals surface area contributed by atoms with Gasteiger partial charge in [0.15, 0.2) is 0 Å². The van der Waals surface area contributed by atoms with Gasteiger partial charge >= 0.3 is 11.9 Å². The van der Waals surface area contributed by atoms with Gasteiger partial charge in [0.05, 0.1) is 58.5 Å². The van der Waals surface area contributed by atoms with Gasteiger partial charge < -0.3 is 36.5 Å². The number of likely N-dealkylation sites (tertiary alicyclic amines) is 1. The summed E-state index contributed by atoms with van der Waals surface area (Å²) in [6.45, 7) is 13.4. The van der Waals surface area contributed by atoms with Crippen LogP contribution in [0.5, 0.6) is 0 Å². The number of hydrogen-bond acceptors (Lipinski definition) is 19. The summed E-state index contributed by atoms with van der Waals surface area (Å²) < 4.78 is 69.8. The van der Waals surface area contributed by atoms with Crippen molar-refractivity contribution in [3.05, 3.63) is 131 Å². The van der Waals surface area contributed by atoms with Gasteiger partial charge in [-0.05, 0) is 50.9 Å². The van der Waals surface area contributed by atoms with E-state index in [1.54, 1.807) is 121 Å². The number of nitrogens with zero attached hydrogens (tertiary/aromatic N) is 6. The predicted molar refractivity (Wildman–Crippen MR) is 361 cm³/mol. The van der Waals surface area contributed by atoms with E-state index in [2.05, 4.69) is 34.3 Å². The van der Waals surface area contributed by atoms with Crippen molar-refractivity contribution in [3.8, 4) is 6.07 Å². The van der Waals surface area contributed by atoms with Gasteiger partial charge in [0.2, 0.25) is 0 Å². The first-order valence-electron chi connectivity index (χ1n) is 29.5. The number of Topliss-reactive ketones (excluding diaryl/α,β-unsaturated/α-hetero) is 1. The molecule has 1 saturated heterocycles. The number of aromatic nitrogens is 1. The fourth-order valence-corrected chi connectivity index (χ4v) is 36.1. The number of esters is 2. The van der Waals surface area contributed by atoms with Crippen molar-refractivity contribution < 1.29 is 52.9 Å². The Balaban J connectivity index is -0.000000566. The van der Waals surface area contributed by atoms with E-state index in [-0.39, 0.29) is 29.8 Å². The Morgan fingerprint density at radius 3 is 1.70 bits per heavy atom. The van der Waals surface area contributed by atoms with Gasteiger partial charge in [-0.3, -0.25) is 29.9 Å². The Morgan fingerprint density at radius 2 is 1.23 bits per heavy atom. The lowest BCUT2D eigenvalue weighted by molar-refractivity contribution is -0.385. The van der Waals surface area contributed by atoms with Crippen LogP contribution in [-0.4, -0.2) is 89.3 Å². The van der Waals surface area contributed by atoms with Crippen LogP contribution >= 0.6 is 0 Å². The summed E-state index contributed by atoms with van der Waals surface area (Å²) in [4.78, 5) is 66.7. The predicted octanol–water partition coefficient (Wildman–Crippen LogP) is 7.52. The molecule has 1 fully saturated rings. The number of nitro groups is 2. The molecule has 19 nitrogen and oxygen atoms in total. The molecular formula is C46H70N10O9S14. The van der Waals surface area contributed by atoms with E-state index >= 15 is 0 Å². The average molecular weight is 1370 g/mol. The lowest BCUT2D eigenvalue weighted by Gasteiger charge is -2.35. The summed E-state index contributed by atoms with van der Waals surface area (Å²) in [6, 6.07) is 14.0. The number of non-ortho nitro benzene ring substituents is 2. The number of benzene rings is 2. The maximum atomic E-state index is 12.8. The van der Waals surface area contributed by atoms with Gasteiger partial charge in [0, 0.05) is 252 Å². The molecule has 0 radical (unpaired) electrons. The van der Waals surface area contributed by atoms with Crippen molar-refractivity contribution in [1.29, 1.82) is 5.26 Å². The first-order chi connectivity index (χ1) is 44.0. The zero-order chi connectivity index (χ0) is 70.0. The molecule has 4 aliphatic heterocycles. The number of carbonyl (C=O) groups excluding carboxylic acids is 3. The monoisotopic (exact) mass is 1370 g/mol. The van der Waals surface area contributed by atoms with Crippen molar-refractivity contribution in [1.82, 2.24) is 20.1 Å². The molecule has 4 aliphatic rings. The molecule has 79 heavy (non-hydrogen) atoms. The Morgan fingerprint density at radius 1 is 0.772 bits per heavy atom. The van der Waals surface area contributed by atoms with Gasteiger partial charge in [-0.1, -0.05) is 38.1 Å². The first kappa shape index (κ1) is 58.1. The summed E-state index contributed by atoms with van der Waals surface area (Å²) in [7, 11) is 22.4. The molecule has 0 spiro atoms. The molecule has 0 saturated carbocycles. The van der Waals surface area contributed by atoms with Gasteiger partial charge in [0.25, 0.3) is 11.4 Å². The second-order valence-corrected chi connectivity index (χ2v) is 38.0. The highest BCUT2D eigenvalue weighted by atomic mass is 33.5. The number of nitrogens with one attached hydrogen (secondary N) is 2. The highest BCUT2D eigenvalue weighted by Crippen LogP contribution is 2.47. The molecular weight excluding hydrogens is 1290 g/mol. The van der Waals surface area contributed by atoms with Crippen molar-refractivity contribution in [2.45, 2.75) is 78.2 Å². The largest absolute Gasteiger partial charge is 0.466 e. The second kappa shape index (κ2) is 35.7. The lowest BCUT2D eigenvalue weighted by Crippen LogP contribution is -2.34. The third kappa shape index (κ3) is 20.1. The summed E-state index contributed by atoms with van der Waals surface area (Å²) in [5.41, 5.74) is 18.2. The normalized spacial score (nSPS) is 16.9. The molecule has 6 N–H and O–H groups in total. The van der Waals surface area contributed by atoms with Crippen molar-refractivity contribution in [2.24, 2.45) is 5.73 Å². The van der Waals surface area contributed by atoms with E-state index in [0.29, 0.717) is 57.5 Å². The number of methoxy groups -OCH3 is 2. The minimum absolute atomic E-state index is 0. The number of nitriles is 1. The molecule has 1 aromatic heterocycles. The first-order valence-corrected chi connectivity index (χ1v) is 40.9. The maximum Gasteiger partial charge on any atom is 0.336 e. The molecule has 0 aliphatic carbocycles. The van der Waals surface area contributed by atoms with Gasteiger partial charge in [-0.25, -0.2) is 14.6 Å². The van der Waals surface area contributed by atoms with Crippen molar-refractivity contribution >= 4 is 170 Å². The van der Waals surface area contributed by atoms with Crippen LogP contribution in [-0.2, 0) is 166 Å². The maximum absolute atomic E-state index is 12.8. The number of nitrogens with two attached hydrogens (primary N) is 2. The van der Waals surface area contributed by atoms with Crippen LogP contribution in [0.2, 0.25) is 0 Å². The van der Waals surface area contributed by atoms with E-state index in [1.165, 1.54) is 68.7 Å². The minimum atomic E-state index is -0.825. The fraction of sp³-hybridized carbons (Fsp3) is 0.413. The van der Waals surface area contributed by atoms with E-state index in [4.69, 9.17) is 66.1 Å². The number of nitro benzene ring substituents is 2. The van der Waals surface area contributed by atoms with E-state index < -0.39 is 33.6 Å². The number of allylic oxidation sites excluding steroid dienone is 3. The Labute approximate surface area is 522 Å². The molecule has 0 amide bonds. The van der Waals surface area contributed by atoms with E-state index in [9.17, 15) is 39.9 Å². The van der Waals surface area contributed by atoms with Crippen molar-refractivity contribution in [2.75, 3.05) is 58.0 Å². The highest BCUT2D eigenvalue weighted by Gasteiger charge is 2.38. The lowest BCUT2D eigenvalue weighted by atomic mass is 9.79. The molecule has 2 unspecified atom stereocenters.